The molecule has 0 aliphatic heterocycles. The summed E-state index contributed by atoms with van der Waals surface area (Å²) in [5.41, 5.74) is 0. The quantitative estimate of drug-likeness (QED) is 0.223. The van der Waals surface area contributed by atoms with E-state index in [2.05, 4.69) is 4.74 Å². The fourth-order valence-corrected chi connectivity index (χ4v) is 2.13. The van der Waals surface area contributed by atoms with Crippen LogP contribution in [0.3, 0.4) is 0 Å². The van der Waals surface area contributed by atoms with Crippen molar-refractivity contribution < 1.29 is 63.0 Å². The number of hydrogen-bond donors (Lipinski definition) is 1. The van der Waals surface area contributed by atoms with E-state index in [1.165, 1.54) is 0 Å². The molecule has 0 amide bonds. The minimum atomic E-state index is -4.70. The monoisotopic (exact) mass is 334 g/mol. The number of unbranched alkanes of at least 4 members (excludes halogenated alkanes) is 3. The molecule has 0 heterocycles. The first-order chi connectivity index (χ1) is 9.32. The van der Waals surface area contributed by atoms with Crippen LogP contribution in [0.5, 0.6) is 0 Å². The maximum atomic E-state index is 11.6. The zero-order chi connectivity index (χ0) is 15.6. The topological polar surface area (TPSA) is 107 Å². The molecular weight excluding hydrogens is 311 g/mol. The summed E-state index contributed by atoms with van der Waals surface area (Å²) in [6, 6.07) is 0. The maximum absolute atomic E-state index is 11.6. The molecule has 0 aromatic carbocycles. The summed E-state index contributed by atoms with van der Waals surface area (Å²) in [7, 11) is -4.70. The second kappa shape index (κ2) is 12.4. The van der Waals surface area contributed by atoms with Gasteiger partial charge in [0.2, 0.25) is 0 Å². The van der Waals surface area contributed by atoms with Crippen molar-refractivity contribution in [2.24, 2.45) is 0 Å². The Morgan fingerprint density at radius 1 is 1.14 bits per heavy atom. The molecule has 0 radical (unpaired) electrons. The van der Waals surface area contributed by atoms with E-state index in [0.29, 0.717) is 6.42 Å². The van der Waals surface area contributed by atoms with Crippen LogP contribution >= 0.6 is 0 Å². The number of rotatable bonds is 10. The average molecular weight is 334 g/mol. The molecule has 0 rings (SSSR count). The van der Waals surface area contributed by atoms with E-state index in [1.54, 1.807) is 6.92 Å². The predicted octanol–water partition coefficient (Wildman–Crippen LogP) is -1.56. The summed E-state index contributed by atoms with van der Waals surface area (Å²) in [4.78, 5) is 22.8. The van der Waals surface area contributed by atoms with Crippen LogP contribution < -0.4 is 29.6 Å². The van der Waals surface area contributed by atoms with Gasteiger partial charge in [-0.25, -0.2) is 0 Å². The van der Waals surface area contributed by atoms with Gasteiger partial charge < -0.3 is 10.9 Å². The summed E-state index contributed by atoms with van der Waals surface area (Å²) in [5.74, 6) is -2.00. The van der Waals surface area contributed by atoms with Crippen molar-refractivity contribution in [2.45, 2.75) is 51.2 Å². The van der Waals surface area contributed by atoms with Crippen LogP contribution in [0.1, 0.15) is 47.4 Å². The second-order valence-corrected chi connectivity index (χ2v) is 5.84. The molecule has 0 saturated carbocycles. The average Bonchev–Trinajstić information content (AvgIpc) is 2.34. The van der Waals surface area contributed by atoms with E-state index in [4.69, 9.17) is 9.29 Å². The molecular formula is C12H23NaO7S. The molecule has 0 aromatic heterocycles. The van der Waals surface area contributed by atoms with Crippen LogP contribution in [0, 0.1) is 0 Å². The third-order valence-electron chi connectivity index (χ3n) is 2.52. The molecule has 0 aliphatic carbocycles. The number of ether oxygens (including phenoxy) is 2. The van der Waals surface area contributed by atoms with Crippen molar-refractivity contribution in [1.29, 1.82) is 0 Å². The Labute approximate surface area is 149 Å². The van der Waals surface area contributed by atoms with Crippen molar-refractivity contribution in [3.63, 3.8) is 0 Å². The molecule has 0 spiro atoms. The van der Waals surface area contributed by atoms with Gasteiger partial charge >= 0.3 is 41.5 Å². The number of hydrogen-bond acceptors (Lipinski definition) is 6. The fourth-order valence-electron chi connectivity index (χ4n) is 1.48. The van der Waals surface area contributed by atoms with E-state index >= 15 is 0 Å². The van der Waals surface area contributed by atoms with Gasteiger partial charge in [-0.05, 0) is 13.3 Å². The van der Waals surface area contributed by atoms with Crippen molar-refractivity contribution in [3.05, 3.63) is 0 Å². The minimum Gasteiger partial charge on any atom is -1.00 e. The van der Waals surface area contributed by atoms with E-state index in [-0.39, 0.29) is 44.2 Å². The Bertz CT molecular complexity index is 414. The molecule has 0 aliphatic rings. The van der Waals surface area contributed by atoms with E-state index < -0.39 is 33.7 Å². The molecule has 1 unspecified atom stereocenters. The second-order valence-electron chi connectivity index (χ2n) is 4.24. The van der Waals surface area contributed by atoms with Gasteiger partial charge in [0, 0.05) is 0 Å². The van der Waals surface area contributed by atoms with Crippen LogP contribution in [0.15, 0.2) is 0 Å². The summed E-state index contributed by atoms with van der Waals surface area (Å²) in [6.07, 6.45) is 2.72. The summed E-state index contributed by atoms with van der Waals surface area (Å²) < 4.78 is 40.5. The third-order valence-corrected chi connectivity index (χ3v) is 3.60. The molecule has 0 saturated heterocycles. The number of carbonyl (C=O) groups is 2. The van der Waals surface area contributed by atoms with E-state index in [0.717, 1.165) is 19.3 Å². The van der Waals surface area contributed by atoms with Crippen LogP contribution in [-0.2, 0) is 29.2 Å². The van der Waals surface area contributed by atoms with Gasteiger partial charge in [-0.3, -0.25) is 14.1 Å². The molecule has 1 atom stereocenters. The Balaban J connectivity index is -0.00000180. The van der Waals surface area contributed by atoms with E-state index in [1.807, 2.05) is 6.92 Å². The smallest absolute Gasteiger partial charge is 1.00 e. The van der Waals surface area contributed by atoms with Crippen LogP contribution in [0.4, 0.5) is 0 Å². The fraction of sp³-hybridized carbons (Fsp3) is 0.833. The molecule has 9 heteroatoms. The maximum Gasteiger partial charge on any atom is 1.00 e. The van der Waals surface area contributed by atoms with Gasteiger partial charge in [0.15, 0.2) is 5.25 Å². The molecule has 120 valence electrons. The third kappa shape index (κ3) is 11.1. The van der Waals surface area contributed by atoms with Crippen molar-refractivity contribution in [2.75, 3.05) is 13.2 Å². The molecule has 0 bridgehead atoms. The standard InChI is InChI=1S/C12H22O7S.Na.H/c1-3-5-6-7-8-19-12(14)10(20(15,16)17)9-11(13)18-4-2;;/h10H,3-9H2,1-2H3,(H,15,16,17);;/q;+1;-1. The van der Waals surface area contributed by atoms with Gasteiger partial charge in [-0.2, -0.15) is 8.42 Å². The van der Waals surface area contributed by atoms with Gasteiger partial charge in [-0.15, -0.1) is 0 Å². The Morgan fingerprint density at radius 2 is 1.76 bits per heavy atom. The first-order valence-electron chi connectivity index (χ1n) is 6.61. The SMILES string of the molecule is CCCCCCOC(=O)C(CC(=O)OCC)S(=O)(=O)O.[H-].[Na+]. The Morgan fingerprint density at radius 3 is 2.24 bits per heavy atom. The molecule has 0 aromatic rings. The van der Waals surface area contributed by atoms with Crippen LogP contribution in [-0.4, -0.2) is 43.4 Å². The first-order valence-corrected chi connectivity index (χ1v) is 8.11. The van der Waals surface area contributed by atoms with E-state index in [9.17, 15) is 18.0 Å². The van der Waals surface area contributed by atoms with Gasteiger partial charge in [0.1, 0.15) is 0 Å². The van der Waals surface area contributed by atoms with Gasteiger partial charge in [0.25, 0.3) is 10.1 Å². The van der Waals surface area contributed by atoms with Crippen molar-refractivity contribution in [3.8, 4) is 0 Å². The molecule has 0 fully saturated rings. The predicted molar refractivity (Wildman–Crippen MR) is 72.8 cm³/mol. The number of esters is 2. The zero-order valence-corrected chi connectivity index (χ0v) is 15.6. The Hall–Kier alpha value is -0.150. The largest absolute Gasteiger partial charge is 1.00 e. The number of carbonyl (C=O) groups excluding carboxylic acids is 2. The summed E-state index contributed by atoms with van der Waals surface area (Å²) >= 11 is 0. The molecule has 21 heavy (non-hydrogen) atoms. The molecule has 1 N–H and O–H groups in total. The van der Waals surface area contributed by atoms with Crippen LogP contribution in [0.25, 0.3) is 0 Å². The van der Waals surface area contributed by atoms with Gasteiger partial charge in [0.05, 0.1) is 19.6 Å². The Kier molecular flexibility index (Phi) is 13.7. The summed E-state index contributed by atoms with van der Waals surface area (Å²) in [5, 5.41) is -1.92. The normalized spacial score (nSPS) is 12.1. The first kappa shape index (κ1) is 23.1. The summed E-state index contributed by atoms with van der Waals surface area (Å²) in [6.45, 7) is 3.70. The van der Waals surface area contributed by atoms with Crippen molar-refractivity contribution >= 4 is 22.1 Å². The van der Waals surface area contributed by atoms with Crippen LogP contribution in [0.2, 0.25) is 0 Å². The zero-order valence-electron chi connectivity index (χ0n) is 13.8. The molecule has 7 nitrogen and oxygen atoms in total. The van der Waals surface area contributed by atoms with Crippen molar-refractivity contribution in [1.82, 2.24) is 0 Å². The minimum absolute atomic E-state index is 0. The van der Waals surface area contributed by atoms with Gasteiger partial charge in [-0.1, -0.05) is 26.2 Å².